The van der Waals surface area contributed by atoms with E-state index < -0.39 is 5.91 Å². The number of pyridine rings is 2. The van der Waals surface area contributed by atoms with E-state index in [0.717, 1.165) is 33.9 Å². The Bertz CT molecular complexity index is 1670. The fourth-order valence-corrected chi connectivity index (χ4v) is 5.86. The van der Waals surface area contributed by atoms with E-state index in [1.165, 1.54) is 0 Å². The van der Waals surface area contributed by atoms with E-state index in [1.807, 2.05) is 28.9 Å². The lowest BCUT2D eigenvalue weighted by atomic mass is 9.95. The molecule has 0 fully saturated rings. The lowest BCUT2D eigenvalue weighted by Crippen LogP contribution is -2.35. The van der Waals surface area contributed by atoms with Crippen molar-refractivity contribution in [2.75, 3.05) is 11.4 Å². The number of nitrogens with one attached hydrogen (secondary N) is 1. The van der Waals surface area contributed by atoms with Crippen molar-refractivity contribution in [2.45, 2.75) is 58.9 Å². The number of nitrogens with two attached hydrogens (primary N) is 1. The molecular formula is C32H34N8O3. The number of nitrogens with zero attached hydrogens (tertiary/aromatic N) is 6. The van der Waals surface area contributed by atoms with Crippen molar-refractivity contribution in [3.63, 3.8) is 0 Å². The van der Waals surface area contributed by atoms with Crippen LogP contribution >= 0.6 is 0 Å². The predicted octanol–water partition coefficient (Wildman–Crippen LogP) is 3.56. The highest BCUT2D eigenvalue weighted by molar-refractivity contribution is 5.95. The second-order valence-electron chi connectivity index (χ2n) is 11.5. The van der Waals surface area contributed by atoms with Gasteiger partial charge in [-0.25, -0.2) is 4.98 Å². The molecular weight excluding hydrogens is 544 g/mol. The smallest absolute Gasteiger partial charge is 0.272 e. The molecule has 0 bridgehead atoms. The molecule has 2 aliphatic rings. The maximum Gasteiger partial charge on any atom is 0.272 e. The van der Waals surface area contributed by atoms with Gasteiger partial charge < -0.3 is 20.9 Å². The zero-order valence-electron chi connectivity index (χ0n) is 24.4. The Labute approximate surface area is 249 Å². The summed E-state index contributed by atoms with van der Waals surface area (Å²) >= 11 is 0. The number of anilines is 1. The molecule has 11 nitrogen and oxygen atoms in total. The molecule has 0 saturated carbocycles. The maximum absolute atomic E-state index is 13.4. The molecule has 43 heavy (non-hydrogen) atoms. The van der Waals surface area contributed by atoms with Gasteiger partial charge in [-0.15, -0.1) is 0 Å². The third-order valence-electron chi connectivity index (χ3n) is 8.05. The lowest BCUT2D eigenvalue weighted by molar-refractivity contribution is 0.0749. The fraction of sp³-hybridized carbons (Fsp3) is 0.312. The number of carbonyl (C=O) groups excluding carboxylic acids is 3. The minimum atomic E-state index is -0.494. The van der Waals surface area contributed by atoms with Crippen molar-refractivity contribution in [1.29, 1.82) is 0 Å². The summed E-state index contributed by atoms with van der Waals surface area (Å²) in [5.41, 5.74) is 11.4. The molecule has 0 radical (unpaired) electrons. The second kappa shape index (κ2) is 11.3. The van der Waals surface area contributed by atoms with Crippen LogP contribution in [0.25, 0.3) is 0 Å². The van der Waals surface area contributed by atoms with E-state index in [0.29, 0.717) is 43.0 Å². The third-order valence-corrected chi connectivity index (χ3v) is 8.05. The lowest BCUT2D eigenvalue weighted by Gasteiger charge is -2.33. The molecule has 1 atom stereocenters. The number of primary amides is 1. The molecule has 3 aromatic heterocycles. The Morgan fingerprint density at radius 1 is 1.00 bits per heavy atom. The van der Waals surface area contributed by atoms with Crippen LogP contribution in [-0.2, 0) is 26.2 Å². The largest absolute Gasteiger partial charge is 0.366 e. The first-order chi connectivity index (χ1) is 20.7. The zero-order chi connectivity index (χ0) is 30.2. The number of hydrogen-bond acceptors (Lipinski definition) is 7. The number of fused-ring (bicyclic) bond motifs is 2. The normalized spacial score (nSPS) is 15.8. The number of benzene rings is 1. The van der Waals surface area contributed by atoms with Crippen molar-refractivity contribution < 1.29 is 14.4 Å². The van der Waals surface area contributed by atoms with E-state index >= 15 is 0 Å². The summed E-state index contributed by atoms with van der Waals surface area (Å²) in [7, 11) is 0. The molecule has 220 valence electrons. The average Bonchev–Trinajstić information content (AvgIpc) is 3.62. The summed E-state index contributed by atoms with van der Waals surface area (Å²) in [6.07, 6.45) is 3.38. The first-order valence-electron chi connectivity index (χ1n) is 14.4. The Kier molecular flexibility index (Phi) is 7.39. The Morgan fingerprint density at radius 3 is 2.44 bits per heavy atom. The van der Waals surface area contributed by atoms with Crippen LogP contribution in [0.5, 0.6) is 0 Å². The van der Waals surface area contributed by atoms with Crippen LogP contribution < -0.4 is 16.0 Å². The van der Waals surface area contributed by atoms with Crippen LogP contribution in [0.15, 0.2) is 60.9 Å². The monoisotopic (exact) mass is 578 g/mol. The van der Waals surface area contributed by atoms with E-state index in [9.17, 15) is 14.4 Å². The molecule has 2 aliphatic heterocycles. The highest BCUT2D eigenvalue weighted by Crippen LogP contribution is 2.34. The molecule has 0 aliphatic carbocycles. The molecule has 5 heterocycles. The van der Waals surface area contributed by atoms with Gasteiger partial charge in [0.2, 0.25) is 5.91 Å². The molecule has 1 aromatic carbocycles. The number of aromatic nitrogens is 4. The van der Waals surface area contributed by atoms with Gasteiger partial charge in [0.05, 0.1) is 17.8 Å². The van der Waals surface area contributed by atoms with Gasteiger partial charge in [0.15, 0.2) is 5.69 Å². The first-order valence-corrected chi connectivity index (χ1v) is 14.4. The minimum absolute atomic E-state index is 0.0761. The van der Waals surface area contributed by atoms with E-state index in [4.69, 9.17) is 10.8 Å². The van der Waals surface area contributed by atoms with Gasteiger partial charge in [0, 0.05) is 67.4 Å². The van der Waals surface area contributed by atoms with Crippen molar-refractivity contribution >= 4 is 23.5 Å². The number of amides is 3. The van der Waals surface area contributed by atoms with Gasteiger partial charge >= 0.3 is 0 Å². The summed E-state index contributed by atoms with van der Waals surface area (Å²) in [6, 6.07) is 14.5. The van der Waals surface area contributed by atoms with E-state index in [1.54, 1.807) is 41.6 Å². The number of hydrogen-bond donors (Lipinski definition) is 2. The van der Waals surface area contributed by atoms with Gasteiger partial charge in [-0.1, -0.05) is 25.1 Å². The van der Waals surface area contributed by atoms with Gasteiger partial charge in [0.25, 0.3) is 11.8 Å². The molecule has 3 N–H and O–H groups in total. The molecule has 0 spiro atoms. The summed E-state index contributed by atoms with van der Waals surface area (Å²) in [6.45, 7) is 8.73. The summed E-state index contributed by atoms with van der Waals surface area (Å²) in [5, 5.41) is 7.74. The van der Waals surface area contributed by atoms with Gasteiger partial charge in [-0.05, 0) is 55.3 Å². The Hall–Kier alpha value is -5.06. The summed E-state index contributed by atoms with van der Waals surface area (Å²) < 4.78 is 1.95. The number of rotatable bonds is 7. The molecule has 6 rings (SSSR count). The van der Waals surface area contributed by atoms with Gasteiger partial charge in [-0.3, -0.25) is 24.0 Å². The number of carbonyl (C=O) groups is 3. The fourth-order valence-electron chi connectivity index (χ4n) is 5.86. The van der Waals surface area contributed by atoms with Crippen molar-refractivity contribution in [2.24, 2.45) is 5.73 Å². The van der Waals surface area contributed by atoms with Crippen LogP contribution in [0, 0.1) is 0 Å². The van der Waals surface area contributed by atoms with Gasteiger partial charge in [-0.2, -0.15) is 5.10 Å². The van der Waals surface area contributed by atoms with E-state index in [2.05, 4.69) is 41.0 Å². The SMILES string of the molecule is CC(C)n1nc(C(=O)NCc2ccc(C(N)=O)cc2)c2c1[C@@H](C)CN(c1ccc(C(=O)N3Cc4cccnc4C3)cn1)C2. The molecule has 4 aromatic rings. The third kappa shape index (κ3) is 5.45. The molecule has 0 saturated heterocycles. The van der Waals surface area contributed by atoms with Crippen LogP contribution in [0.4, 0.5) is 5.82 Å². The predicted molar refractivity (Wildman–Crippen MR) is 160 cm³/mol. The minimum Gasteiger partial charge on any atom is -0.366 e. The second-order valence-corrected chi connectivity index (χ2v) is 11.5. The zero-order valence-corrected chi connectivity index (χ0v) is 24.4. The van der Waals surface area contributed by atoms with Crippen LogP contribution in [0.1, 0.15) is 92.0 Å². The van der Waals surface area contributed by atoms with Crippen molar-refractivity contribution in [3.05, 3.63) is 106 Å². The molecule has 11 heteroatoms. The Balaban J connectivity index is 1.19. The maximum atomic E-state index is 13.4. The highest BCUT2D eigenvalue weighted by Gasteiger charge is 2.33. The van der Waals surface area contributed by atoms with Crippen LogP contribution in [0.3, 0.4) is 0 Å². The van der Waals surface area contributed by atoms with Gasteiger partial charge in [0.1, 0.15) is 5.82 Å². The van der Waals surface area contributed by atoms with Crippen molar-refractivity contribution in [1.82, 2.24) is 30.0 Å². The standard InChI is InChI=1S/C32H34N8O3/c1-19(2)40-29-20(3)15-38(17-25(29)28(37-40)31(42)36-13-21-6-8-22(9-7-21)30(33)41)27-11-10-23(14-35-27)32(43)39-16-24-5-4-12-34-26(24)18-39/h4-12,14,19-20H,13,15-18H2,1-3H3,(H2,33,41)(H,36,42)/t20-/m0/s1. The quantitative estimate of drug-likeness (QED) is 0.342. The average molecular weight is 579 g/mol. The topological polar surface area (TPSA) is 139 Å². The van der Waals surface area contributed by atoms with Crippen molar-refractivity contribution in [3.8, 4) is 0 Å². The van der Waals surface area contributed by atoms with E-state index in [-0.39, 0.29) is 30.3 Å². The first kappa shape index (κ1) is 28.1. The molecule has 0 unspecified atom stereocenters. The summed E-state index contributed by atoms with van der Waals surface area (Å²) in [4.78, 5) is 50.9. The summed E-state index contributed by atoms with van der Waals surface area (Å²) in [5.74, 6) is -0.00342. The highest BCUT2D eigenvalue weighted by atomic mass is 16.2. The Morgan fingerprint density at radius 2 is 1.77 bits per heavy atom. The molecule has 3 amide bonds. The van der Waals surface area contributed by atoms with Crippen LogP contribution in [-0.4, -0.2) is 48.9 Å². The van der Waals surface area contributed by atoms with Crippen LogP contribution in [0.2, 0.25) is 0 Å².